The van der Waals surface area contributed by atoms with E-state index in [-0.39, 0.29) is 25.7 Å². The van der Waals surface area contributed by atoms with Gasteiger partial charge in [-0.2, -0.15) is 0 Å². The highest BCUT2D eigenvalue weighted by atomic mass is 31.2. The van der Waals surface area contributed by atoms with Gasteiger partial charge in [0.1, 0.15) is 19.3 Å². The molecule has 5 atom stereocenters. The highest BCUT2D eigenvalue weighted by Crippen LogP contribution is 2.45. The van der Waals surface area contributed by atoms with Crippen molar-refractivity contribution in [1.29, 1.82) is 0 Å². The molecule has 0 fully saturated rings. The molecule has 0 saturated carbocycles. The van der Waals surface area contributed by atoms with Crippen molar-refractivity contribution < 1.29 is 80.2 Å². The van der Waals surface area contributed by atoms with Crippen molar-refractivity contribution in [3.63, 3.8) is 0 Å². The fraction of sp³-hybridized carbons (Fsp3) is 0.950. The monoisotopic (exact) mass is 1450 g/mol. The van der Waals surface area contributed by atoms with Crippen LogP contribution in [0.2, 0.25) is 0 Å². The number of carbonyl (C=O) groups is 4. The molecular weight excluding hydrogens is 1290 g/mol. The van der Waals surface area contributed by atoms with Crippen LogP contribution in [-0.2, 0) is 65.4 Å². The van der Waals surface area contributed by atoms with Gasteiger partial charge in [-0.1, -0.05) is 381 Å². The zero-order valence-electron chi connectivity index (χ0n) is 64.5. The Balaban J connectivity index is 5.21. The van der Waals surface area contributed by atoms with Gasteiger partial charge < -0.3 is 33.8 Å². The van der Waals surface area contributed by atoms with Gasteiger partial charge in [0.2, 0.25) is 0 Å². The third-order valence-corrected chi connectivity index (χ3v) is 20.8. The Morgan fingerprint density at radius 2 is 0.404 bits per heavy atom. The molecule has 0 aliphatic carbocycles. The maximum absolute atomic E-state index is 13.1. The van der Waals surface area contributed by atoms with E-state index >= 15 is 0 Å². The van der Waals surface area contributed by atoms with E-state index in [1.807, 2.05) is 0 Å². The van der Waals surface area contributed by atoms with E-state index in [2.05, 4.69) is 27.7 Å². The molecule has 2 unspecified atom stereocenters. The van der Waals surface area contributed by atoms with Crippen LogP contribution in [-0.4, -0.2) is 96.7 Å². The van der Waals surface area contributed by atoms with Gasteiger partial charge in [0.15, 0.2) is 12.2 Å². The lowest BCUT2D eigenvalue weighted by atomic mass is 10.0. The average molecular weight is 1450 g/mol. The molecule has 0 aromatic rings. The number of rotatable bonds is 81. The van der Waals surface area contributed by atoms with Crippen molar-refractivity contribution in [3.05, 3.63) is 0 Å². The lowest BCUT2D eigenvalue weighted by Crippen LogP contribution is -2.30. The molecule has 99 heavy (non-hydrogen) atoms. The van der Waals surface area contributed by atoms with Gasteiger partial charge in [-0.25, -0.2) is 9.13 Å². The molecule has 0 heterocycles. The molecule has 0 amide bonds. The number of hydrogen-bond donors (Lipinski definition) is 3. The summed E-state index contributed by atoms with van der Waals surface area (Å²) in [4.78, 5) is 72.9. The van der Waals surface area contributed by atoms with Crippen molar-refractivity contribution in [2.75, 3.05) is 39.6 Å². The minimum absolute atomic E-state index is 0.108. The smallest absolute Gasteiger partial charge is 0.462 e. The molecule has 3 N–H and O–H groups in total. The molecule has 0 bridgehead atoms. The van der Waals surface area contributed by atoms with E-state index in [4.69, 9.17) is 37.0 Å². The van der Waals surface area contributed by atoms with Crippen molar-refractivity contribution in [1.82, 2.24) is 0 Å². The SMILES string of the molecule is CCCCCCCCCCCCCCCCCCCCCCC(=O)O[C@H](COC(=O)CCCCCCCCCCCCCCCCCCC)COP(=O)(O)OC[C@@H](O)COP(=O)(O)OC[C@@H](COC(=O)CCCCCCCCCCCC)OC(=O)CCCCCCCCCCCCCC. The maximum atomic E-state index is 13.1. The van der Waals surface area contributed by atoms with E-state index in [0.717, 1.165) is 89.9 Å². The van der Waals surface area contributed by atoms with E-state index < -0.39 is 97.5 Å². The second-order valence-electron chi connectivity index (χ2n) is 28.8. The lowest BCUT2D eigenvalue weighted by Gasteiger charge is -2.21. The molecule has 0 aliphatic rings. The molecule has 588 valence electrons. The normalized spacial score (nSPS) is 13.8. The second kappa shape index (κ2) is 74.3. The number of unbranched alkanes of at least 4 members (excludes halogenated alkanes) is 55. The summed E-state index contributed by atoms with van der Waals surface area (Å²) in [6.45, 7) is 5.01. The number of hydrogen-bond acceptors (Lipinski definition) is 15. The third-order valence-electron chi connectivity index (χ3n) is 18.9. The minimum Gasteiger partial charge on any atom is -0.462 e. The second-order valence-corrected chi connectivity index (χ2v) is 31.7. The Labute approximate surface area is 607 Å². The summed E-state index contributed by atoms with van der Waals surface area (Å²) in [7, 11) is -9.91. The van der Waals surface area contributed by atoms with Crippen molar-refractivity contribution in [2.24, 2.45) is 0 Å². The minimum atomic E-state index is -4.96. The number of phosphoric ester groups is 2. The van der Waals surface area contributed by atoms with Gasteiger partial charge in [0.25, 0.3) is 0 Å². The number of carbonyl (C=O) groups excluding carboxylic acids is 4. The van der Waals surface area contributed by atoms with E-state index in [1.165, 1.54) is 263 Å². The van der Waals surface area contributed by atoms with Crippen molar-refractivity contribution in [2.45, 2.75) is 451 Å². The van der Waals surface area contributed by atoms with Crippen LogP contribution in [0.1, 0.15) is 432 Å². The van der Waals surface area contributed by atoms with Gasteiger partial charge in [-0.05, 0) is 25.7 Å². The number of esters is 4. The summed E-state index contributed by atoms with van der Waals surface area (Å²) in [6, 6.07) is 0. The molecule has 17 nitrogen and oxygen atoms in total. The van der Waals surface area contributed by atoms with Crippen LogP contribution in [0.4, 0.5) is 0 Å². The highest BCUT2D eigenvalue weighted by molar-refractivity contribution is 7.47. The first kappa shape index (κ1) is 97.1. The summed E-state index contributed by atoms with van der Waals surface area (Å²) in [5.41, 5.74) is 0. The summed E-state index contributed by atoms with van der Waals surface area (Å²) in [6.07, 6.45) is 66.6. The Morgan fingerprint density at radius 3 is 0.596 bits per heavy atom. The standard InChI is InChI=1S/C80H156O17P2/c1-5-9-13-17-21-25-29-32-34-36-37-38-40-42-44-47-51-55-59-63-67-80(85)97-76(71-91-78(83)65-61-57-53-49-46-43-41-39-35-33-30-26-22-18-14-10-6-2)73-95-99(88,89)93-69-74(81)68-92-98(86,87)94-72-75(70-90-77(82)64-60-56-52-48-28-24-20-16-12-8-4)96-79(84)66-62-58-54-50-45-31-27-23-19-15-11-7-3/h74-76,81H,5-73H2,1-4H3,(H,86,87)(H,88,89)/t74-,75+,76+/m0/s1. The maximum Gasteiger partial charge on any atom is 0.472 e. The first-order chi connectivity index (χ1) is 48.2. The molecule has 0 aromatic heterocycles. The fourth-order valence-electron chi connectivity index (χ4n) is 12.5. The largest absolute Gasteiger partial charge is 0.472 e. The summed E-state index contributed by atoms with van der Waals surface area (Å²) in [5, 5.41) is 10.6. The highest BCUT2D eigenvalue weighted by Gasteiger charge is 2.30. The van der Waals surface area contributed by atoms with E-state index in [9.17, 15) is 43.2 Å². The quantitative estimate of drug-likeness (QED) is 0.0222. The molecule has 0 aromatic carbocycles. The molecule has 0 saturated heterocycles. The predicted molar refractivity (Wildman–Crippen MR) is 405 cm³/mol. The zero-order valence-corrected chi connectivity index (χ0v) is 66.3. The van der Waals surface area contributed by atoms with E-state index in [1.54, 1.807) is 0 Å². The molecule has 19 heteroatoms. The van der Waals surface area contributed by atoms with Crippen molar-refractivity contribution in [3.8, 4) is 0 Å². The lowest BCUT2D eigenvalue weighted by molar-refractivity contribution is -0.161. The number of aliphatic hydroxyl groups is 1. The van der Waals surface area contributed by atoms with Crippen LogP contribution in [0.3, 0.4) is 0 Å². The number of phosphoric acid groups is 2. The van der Waals surface area contributed by atoms with Gasteiger partial charge in [-0.15, -0.1) is 0 Å². The van der Waals surface area contributed by atoms with Crippen LogP contribution in [0, 0.1) is 0 Å². The van der Waals surface area contributed by atoms with Gasteiger partial charge >= 0.3 is 39.5 Å². The topological polar surface area (TPSA) is 237 Å². The summed E-state index contributed by atoms with van der Waals surface area (Å²) >= 11 is 0. The molecule has 0 aliphatic heterocycles. The van der Waals surface area contributed by atoms with Crippen LogP contribution >= 0.6 is 15.6 Å². The van der Waals surface area contributed by atoms with Crippen LogP contribution < -0.4 is 0 Å². The van der Waals surface area contributed by atoms with Gasteiger partial charge in [-0.3, -0.25) is 37.3 Å². The average Bonchev–Trinajstić information content (AvgIpc) is 1.33. The Kier molecular flexibility index (Phi) is 72.9. The number of ether oxygens (including phenoxy) is 4. The molecular formula is C80H156O17P2. The van der Waals surface area contributed by atoms with E-state index in [0.29, 0.717) is 25.7 Å². The number of aliphatic hydroxyl groups excluding tert-OH is 1. The summed E-state index contributed by atoms with van der Waals surface area (Å²) < 4.78 is 68.7. The van der Waals surface area contributed by atoms with Gasteiger partial charge in [0, 0.05) is 25.7 Å². The van der Waals surface area contributed by atoms with Crippen LogP contribution in [0.15, 0.2) is 0 Å². The summed E-state index contributed by atoms with van der Waals surface area (Å²) in [5.74, 6) is -2.11. The van der Waals surface area contributed by atoms with Crippen LogP contribution in [0.25, 0.3) is 0 Å². The Morgan fingerprint density at radius 1 is 0.242 bits per heavy atom. The first-order valence-corrected chi connectivity index (χ1v) is 44.8. The Hall–Kier alpha value is -1.94. The third kappa shape index (κ3) is 74.1. The predicted octanol–water partition coefficient (Wildman–Crippen LogP) is 24.2. The molecule has 0 radical (unpaired) electrons. The zero-order chi connectivity index (χ0) is 72.5. The first-order valence-electron chi connectivity index (χ1n) is 41.8. The van der Waals surface area contributed by atoms with Gasteiger partial charge in [0.05, 0.1) is 26.4 Å². The Bertz CT molecular complexity index is 1880. The molecule has 0 spiro atoms. The fourth-order valence-corrected chi connectivity index (χ4v) is 14.0. The van der Waals surface area contributed by atoms with Crippen LogP contribution in [0.5, 0.6) is 0 Å². The van der Waals surface area contributed by atoms with Crippen molar-refractivity contribution >= 4 is 39.5 Å². The molecule has 0 rings (SSSR count).